The number of esters is 1. The lowest BCUT2D eigenvalue weighted by Crippen LogP contribution is -2.41. The maximum Gasteiger partial charge on any atom is 0.337 e. The highest BCUT2D eigenvalue weighted by Gasteiger charge is 2.15. The quantitative estimate of drug-likeness (QED) is 0.244. The van der Waals surface area contributed by atoms with E-state index in [9.17, 15) is 4.79 Å². The van der Waals surface area contributed by atoms with E-state index in [-0.39, 0.29) is 36.0 Å². The lowest BCUT2D eigenvalue weighted by atomic mass is 10.1. The van der Waals surface area contributed by atoms with Crippen LogP contribution in [-0.2, 0) is 22.4 Å². The molecule has 0 spiro atoms. The molecule has 8 heteroatoms. The van der Waals surface area contributed by atoms with Crippen molar-refractivity contribution in [1.82, 2.24) is 10.6 Å². The first kappa shape index (κ1) is 23.2. The molecule has 1 atom stereocenters. The van der Waals surface area contributed by atoms with E-state index < -0.39 is 0 Å². The van der Waals surface area contributed by atoms with Gasteiger partial charge in [-0.2, -0.15) is 0 Å². The van der Waals surface area contributed by atoms with Crippen molar-refractivity contribution in [3.8, 4) is 0 Å². The van der Waals surface area contributed by atoms with Crippen molar-refractivity contribution in [3.05, 3.63) is 59.5 Å². The summed E-state index contributed by atoms with van der Waals surface area (Å²) in [7, 11) is 1.38. The van der Waals surface area contributed by atoms with Gasteiger partial charge in [0, 0.05) is 26.1 Å². The molecular formula is C21H28IN3O4. The van der Waals surface area contributed by atoms with E-state index in [1.165, 1.54) is 7.11 Å². The molecule has 29 heavy (non-hydrogen) atoms. The zero-order chi connectivity index (χ0) is 19.6. The van der Waals surface area contributed by atoms with Gasteiger partial charge in [0.2, 0.25) is 0 Å². The van der Waals surface area contributed by atoms with E-state index in [1.54, 1.807) is 18.4 Å². The lowest BCUT2D eigenvalue weighted by molar-refractivity contribution is 0.0600. The molecule has 0 amide bonds. The van der Waals surface area contributed by atoms with Gasteiger partial charge in [-0.3, -0.25) is 0 Å². The Hall–Kier alpha value is -2.07. The van der Waals surface area contributed by atoms with Gasteiger partial charge in [0.25, 0.3) is 0 Å². The number of halogens is 1. The zero-order valence-corrected chi connectivity index (χ0v) is 18.9. The molecule has 1 aliphatic heterocycles. The first-order valence-corrected chi connectivity index (χ1v) is 9.58. The van der Waals surface area contributed by atoms with Gasteiger partial charge in [0.05, 0.1) is 31.6 Å². The smallest absolute Gasteiger partial charge is 0.337 e. The third-order valence-corrected chi connectivity index (χ3v) is 4.56. The zero-order valence-electron chi connectivity index (χ0n) is 16.6. The van der Waals surface area contributed by atoms with Crippen LogP contribution in [0, 0.1) is 0 Å². The number of methoxy groups -OCH3 is 1. The molecular weight excluding hydrogens is 485 g/mol. The number of aliphatic imine (C=N–C) groups is 1. The summed E-state index contributed by atoms with van der Waals surface area (Å²) in [5.41, 5.74) is 1.54. The van der Waals surface area contributed by atoms with E-state index in [4.69, 9.17) is 13.9 Å². The maximum atomic E-state index is 11.5. The normalized spacial score (nSPS) is 16.2. The molecule has 2 aromatic rings. The Kier molecular flexibility index (Phi) is 9.99. The Labute approximate surface area is 188 Å². The predicted molar refractivity (Wildman–Crippen MR) is 122 cm³/mol. The van der Waals surface area contributed by atoms with Gasteiger partial charge < -0.3 is 24.5 Å². The molecule has 1 aliphatic rings. The second kappa shape index (κ2) is 12.5. The first-order valence-electron chi connectivity index (χ1n) is 9.58. The third kappa shape index (κ3) is 7.69. The number of hydrogen-bond acceptors (Lipinski definition) is 5. The van der Waals surface area contributed by atoms with Gasteiger partial charge in [0.1, 0.15) is 5.76 Å². The van der Waals surface area contributed by atoms with Crippen molar-refractivity contribution in [3.63, 3.8) is 0 Å². The molecule has 2 heterocycles. The number of carbonyl (C=O) groups excluding carboxylic acids is 1. The van der Waals surface area contributed by atoms with Gasteiger partial charge in [-0.15, -0.1) is 24.0 Å². The molecule has 1 saturated heterocycles. The summed E-state index contributed by atoms with van der Waals surface area (Å²) in [5.74, 6) is 1.33. The molecule has 158 valence electrons. The van der Waals surface area contributed by atoms with E-state index in [0.717, 1.165) is 49.7 Å². The predicted octanol–water partition coefficient (Wildman–Crippen LogP) is 3.14. The number of nitrogens with zero attached hydrogens (tertiary/aromatic N) is 1. The number of rotatable bonds is 8. The van der Waals surface area contributed by atoms with Gasteiger partial charge in [-0.05, 0) is 42.7 Å². The molecule has 0 radical (unpaired) electrons. The topological polar surface area (TPSA) is 85.1 Å². The molecule has 0 bridgehead atoms. The van der Waals surface area contributed by atoms with E-state index in [1.807, 2.05) is 24.3 Å². The van der Waals surface area contributed by atoms with Crippen LogP contribution in [0.25, 0.3) is 0 Å². The third-order valence-electron chi connectivity index (χ3n) is 4.56. The molecule has 0 saturated carbocycles. The Balaban J connectivity index is 0.00000300. The Morgan fingerprint density at radius 1 is 1.24 bits per heavy atom. The van der Waals surface area contributed by atoms with Crippen molar-refractivity contribution < 1.29 is 18.7 Å². The molecule has 1 fully saturated rings. The van der Waals surface area contributed by atoms with E-state index in [2.05, 4.69) is 15.6 Å². The Morgan fingerprint density at radius 2 is 2.07 bits per heavy atom. The fourth-order valence-corrected chi connectivity index (χ4v) is 2.98. The van der Waals surface area contributed by atoms with Gasteiger partial charge in [-0.1, -0.05) is 12.1 Å². The Morgan fingerprint density at radius 3 is 2.72 bits per heavy atom. The van der Waals surface area contributed by atoms with Crippen LogP contribution in [0.15, 0.2) is 52.1 Å². The largest absolute Gasteiger partial charge is 0.469 e. The summed E-state index contributed by atoms with van der Waals surface area (Å²) < 4.78 is 15.8. The fourth-order valence-electron chi connectivity index (χ4n) is 2.98. The van der Waals surface area contributed by atoms with E-state index in [0.29, 0.717) is 18.7 Å². The molecule has 1 unspecified atom stereocenters. The van der Waals surface area contributed by atoms with Gasteiger partial charge >= 0.3 is 5.97 Å². The molecule has 0 aliphatic carbocycles. The molecule has 1 aromatic heterocycles. The highest BCUT2D eigenvalue weighted by molar-refractivity contribution is 14.0. The molecule has 7 nitrogen and oxygen atoms in total. The van der Waals surface area contributed by atoms with Gasteiger partial charge in [0.15, 0.2) is 5.96 Å². The van der Waals surface area contributed by atoms with Gasteiger partial charge in [-0.25, -0.2) is 9.79 Å². The number of benzene rings is 1. The van der Waals surface area contributed by atoms with Crippen LogP contribution < -0.4 is 10.6 Å². The second-order valence-electron chi connectivity index (χ2n) is 6.63. The summed E-state index contributed by atoms with van der Waals surface area (Å²) in [5, 5.41) is 6.70. The first-order chi connectivity index (χ1) is 13.7. The summed E-state index contributed by atoms with van der Waals surface area (Å²) in [4.78, 5) is 16.2. The van der Waals surface area contributed by atoms with Crippen molar-refractivity contribution in [2.75, 3.05) is 26.8 Å². The minimum absolute atomic E-state index is 0. The van der Waals surface area contributed by atoms with Crippen LogP contribution in [0.4, 0.5) is 0 Å². The average molecular weight is 513 g/mol. The average Bonchev–Trinajstić information content (AvgIpc) is 3.43. The molecule has 3 rings (SSSR count). The van der Waals surface area contributed by atoms with Crippen LogP contribution in [0.5, 0.6) is 0 Å². The Bertz CT molecular complexity index is 757. The lowest BCUT2D eigenvalue weighted by Gasteiger charge is -2.15. The van der Waals surface area contributed by atoms with Crippen LogP contribution in [0.3, 0.4) is 0 Å². The number of ether oxygens (including phenoxy) is 2. The monoisotopic (exact) mass is 513 g/mol. The standard InChI is InChI=1S/C21H27N3O4.HI/c1-26-20(25)17-8-6-16(7-9-17)14-23-21(24-15-19-5-3-13-28-19)22-11-10-18-4-2-12-27-18;/h2,4,6-9,12,19H,3,5,10-11,13-15H2,1H3,(H2,22,23,24);1H. The number of furan rings is 1. The number of carbonyl (C=O) groups is 1. The maximum absolute atomic E-state index is 11.5. The number of nitrogens with one attached hydrogen (secondary N) is 2. The van der Waals surface area contributed by atoms with Crippen LogP contribution in [-0.4, -0.2) is 44.8 Å². The fraction of sp³-hybridized carbons (Fsp3) is 0.429. The van der Waals surface area contributed by atoms with Crippen LogP contribution in [0.1, 0.15) is 34.5 Å². The van der Waals surface area contributed by atoms with E-state index >= 15 is 0 Å². The van der Waals surface area contributed by atoms with Crippen molar-refractivity contribution in [2.45, 2.75) is 31.9 Å². The molecule has 2 N–H and O–H groups in total. The van der Waals surface area contributed by atoms with Crippen LogP contribution >= 0.6 is 24.0 Å². The molecule has 1 aromatic carbocycles. The van der Waals surface area contributed by atoms with Crippen molar-refractivity contribution in [2.24, 2.45) is 4.99 Å². The minimum Gasteiger partial charge on any atom is -0.469 e. The minimum atomic E-state index is -0.339. The second-order valence-corrected chi connectivity index (χ2v) is 6.63. The van der Waals surface area contributed by atoms with Crippen molar-refractivity contribution >= 4 is 35.9 Å². The summed E-state index contributed by atoms with van der Waals surface area (Å²) in [6.45, 7) is 2.78. The highest BCUT2D eigenvalue weighted by Crippen LogP contribution is 2.11. The van der Waals surface area contributed by atoms with Crippen LogP contribution in [0.2, 0.25) is 0 Å². The highest BCUT2D eigenvalue weighted by atomic mass is 127. The number of guanidine groups is 1. The summed E-state index contributed by atoms with van der Waals surface area (Å²) in [6, 6.07) is 11.1. The SMILES string of the molecule is COC(=O)c1ccc(CN=C(NCCc2ccco2)NCC2CCCO2)cc1.I. The number of hydrogen-bond donors (Lipinski definition) is 2. The summed E-state index contributed by atoms with van der Waals surface area (Å²) >= 11 is 0. The summed E-state index contributed by atoms with van der Waals surface area (Å²) in [6.07, 6.45) is 4.87. The van der Waals surface area contributed by atoms with Crippen molar-refractivity contribution in [1.29, 1.82) is 0 Å².